The second-order valence-corrected chi connectivity index (χ2v) is 18.0. The van der Waals surface area contributed by atoms with Gasteiger partial charge < -0.3 is 37.7 Å². The fourth-order valence-corrected chi connectivity index (χ4v) is 6.95. The molecule has 0 aliphatic rings. The number of hydrogen-bond acceptors (Lipinski definition) is 10. The smallest absolute Gasteiger partial charge is 0.306 e. The molecule has 0 bridgehead atoms. The van der Waals surface area contributed by atoms with Gasteiger partial charge in [0.05, 0.1) is 41.0 Å². The summed E-state index contributed by atoms with van der Waals surface area (Å²) in [5.41, 5.74) is 0. The van der Waals surface area contributed by atoms with E-state index in [0.717, 1.165) is 38.5 Å². The van der Waals surface area contributed by atoms with Crippen LogP contribution in [0, 0.1) is 0 Å². The normalized spacial score (nSPS) is 14.1. The van der Waals surface area contributed by atoms with Crippen LogP contribution in [-0.2, 0) is 37.4 Å². The molecule has 0 rings (SSSR count). The lowest BCUT2D eigenvalue weighted by atomic mass is 10.0. The first-order valence-electron chi connectivity index (χ1n) is 22.4. The Labute approximate surface area is 337 Å². The van der Waals surface area contributed by atoms with Gasteiger partial charge in [-0.05, 0) is 12.8 Å². The number of likely N-dealkylation sites (N-methyl/N-ethyl adjacent to an activating group) is 1. The van der Waals surface area contributed by atoms with E-state index < -0.39 is 26.6 Å². The van der Waals surface area contributed by atoms with E-state index in [-0.39, 0.29) is 44.8 Å². The van der Waals surface area contributed by atoms with Crippen LogP contribution in [0.5, 0.6) is 0 Å². The van der Waals surface area contributed by atoms with Gasteiger partial charge in [0.1, 0.15) is 25.9 Å². The van der Waals surface area contributed by atoms with Gasteiger partial charge in [0.2, 0.25) is 0 Å². The summed E-state index contributed by atoms with van der Waals surface area (Å²) in [5.74, 6) is -0.725. The van der Waals surface area contributed by atoms with E-state index in [2.05, 4.69) is 13.8 Å². The number of nitrogens with zero attached hydrogens (tertiary/aromatic N) is 1. The van der Waals surface area contributed by atoms with Gasteiger partial charge in [0, 0.05) is 12.8 Å². The molecule has 0 amide bonds. The molecule has 328 valence electrons. The third-order valence-electron chi connectivity index (χ3n) is 9.75. The average Bonchev–Trinajstić information content (AvgIpc) is 3.13. The monoisotopic (exact) mass is 808 g/mol. The number of carbonyl (C=O) groups is 2. The SMILES string of the molecule is CCCCCCCCCCCCCCCC(=O)OCC(COCC(O)COP(=O)([O-])OCC[N+](C)(C)C)OC(=O)CCCCCCCCCCCCCCC. The maximum atomic E-state index is 12.7. The number of carbonyl (C=O) groups excluding carboxylic acids is 2. The molecule has 0 saturated carbocycles. The van der Waals surface area contributed by atoms with Gasteiger partial charge in [-0.15, -0.1) is 0 Å². The number of phosphoric acid groups is 1. The summed E-state index contributed by atoms with van der Waals surface area (Å²) < 4.78 is 38.9. The molecule has 0 radical (unpaired) electrons. The van der Waals surface area contributed by atoms with Crippen molar-refractivity contribution in [2.45, 2.75) is 206 Å². The first-order valence-corrected chi connectivity index (χ1v) is 23.9. The quantitative estimate of drug-likeness (QED) is 0.0274. The second-order valence-electron chi connectivity index (χ2n) is 16.6. The van der Waals surface area contributed by atoms with E-state index in [0.29, 0.717) is 17.4 Å². The van der Waals surface area contributed by atoms with Gasteiger partial charge >= 0.3 is 11.9 Å². The highest BCUT2D eigenvalue weighted by Gasteiger charge is 2.20. The summed E-state index contributed by atoms with van der Waals surface area (Å²) in [6.45, 7) is 3.84. The van der Waals surface area contributed by atoms with Crippen molar-refractivity contribution in [2.24, 2.45) is 0 Å². The molecular weight excluding hydrogens is 721 g/mol. The van der Waals surface area contributed by atoms with Crippen LogP contribution >= 0.6 is 7.82 Å². The fourth-order valence-electron chi connectivity index (χ4n) is 6.22. The van der Waals surface area contributed by atoms with Crippen LogP contribution in [0.15, 0.2) is 0 Å². The highest BCUT2D eigenvalue weighted by molar-refractivity contribution is 7.45. The van der Waals surface area contributed by atoms with Gasteiger partial charge in [-0.1, -0.05) is 168 Å². The predicted octanol–water partition coefficient (Wildman–Crippen LogP) is 9.99. The number of rotatable bonds is 42. The molecule has 0 aromatic rings. The van der Waals surface area contributed by atoms with Gasteiger partial charge in [-0.3, -0.25) is 14.2 Å². The molecule has 12 heteroatoms. The van der Waals surface area contributed by atoms with Gasteiger partial charge in [-0.2, -0.15) is 0 Å². The zero-order valence-corrected chi connectivity index (χ0v) is 37.1. The Balaban J connectivity index is 4.48. The fraction of sp³-hybridized carbons (Fsp3) is 0.953. The van der Waals surface area contributed by atoms with Gasteiger partial charge in [-0.25, -0.2) is 0 Å². The van der Waals surface area contributed by atoms with Crippen LogP contribution in [0.1, 0.15) is 194 Å². The Morgan fingerprint density at radius 3 is 1.38 bits per heavy atom. The minimum Gasteiger partial charge on any atom is -0.756 e. The second kappa shape index (κ2) is 37.2. The Hall–Kier alpha value is -1.07. The van der Waals surface area contributed by atoms with Crippen molar-refractivity contribution in [3.63, 3.8) is 0 Å². The Morgan fingerprint density at radius 1 is 0.564 bits per heavy atom. The number of hydrogen-bond donors (Lipinski definition) is 1. The molecule has 0 aliphatic heterocycles. The van der Waals surface area contributed by atoms with Crippen molar-refractivity contribution >= 4 is 19.8 Å². The maximum absolute atomic E-state index is 12.7. The predicted molar refractivity (Wildman–Crippen MR) is 221 cm³/mol. The number of unbranched alkanes of at least 4 members (excludes halogenated alkanes) is 24. The van der Waals surface area contributed by atoms with Gasteiger partial charge in [0.25, 0.3) is 7.82 Å². The van der Waals surface area contributed by atoms with Crippen molar-refractivity contribution in [1.82, 2.24) is 0 Å². The Kier molecular flexibility index (Phi) is 36.5. The molecule has 55 heavy (non-hydrogen) atoms. The van der Waals surface area contributed by atoms with Crippen LogP contribution < -0.4 is 4.89 Å². The molecule has 0 aromatic heterocycles. The molecule has 1 N–H and O–H groups in total. The highest BCUT2D eigenvalue weighted by atomic mass is 31.2. The molecule has 11 nitrogen and oxygen atoms in total. The molecule has 0 aliphatic carbocycles. The summed E-state index contributed by atoms with van der Waals surface area (Å²) in [7, 11) is 1.15. The first kappa shape index (κ1) is 53.9. The summed E-state index contributed by atoms with van der Waals surface area (Å²) in [6.07, 6.45) is 30.2. The van der Waals surface area contributed by atoms with E-state index >= 15 is 0 Å². The molecule has 0 fully saturated rings. The number of phosphoric ester groups is 1. The van der Waals surface area contributed by atoms with Crippen LogP contribution in [0.3, 0.4) is 0 Å². The number of aliphatic hydroxyl groups is 1. The molecule has 0 saturated heterocycles. The average molecular weight is 808 g/mol. The maximum Gasteiger partial charge on any atom is 0.306 e. The van der Waals surface area contributed by atoms with Crippen molar-refractivity contribution in [3.05, 3.63) is 0 Å². The summed E-state index contributed by atoms with van der Waals surface area (Å²) >= 11 is 0. The highest BCUT2D eigenvalue weighted by Crippen LogP contribution is 2.38. The first-order chi connectivity index (χ1) is 26.4. The number of aliphatic hydroxyl groups excluding tert-OH is 1. The summed E-state index contributed by atoms with van der Waals surface area (Å²) in [5, 5.41) is 10.3. The number of esters is 2. The van der Waals surface area contributed by atoms with E-state index in [9.17, 15) is 24.2 Å². The molecule has 0 heterocycles. The van der Waals surface area contributed by atoms with E-state index in [1.165, 1.54) is 128 Å². The Morgan fingerprint density at radius 2 is 0.964 bits per heavy atom. The number of ether oxygens (including phenoxy) is 3. The summed E-state index contributed by atoms with van der Waals surface area (Å²) in [4.78, 5) is 37.2. The van der Waals surface area contributed by atoms with Gasteiger partial charge in [0.15, 0.2) is 6.10 Å². The minimum atomic E-state index is -4.58. The van der Waals surface area contributed by atoms with E-state index in [1.54, 1.807) is 0 Å². The van der Waals surface area contributed by atoms with Crippen LogP contribution in [0.2, 0.25) is 0 Å². The van der Waals surface area contributed by atoms with E-state index in [4.69, 9.17) is 23.3 Å². The minimum absolute atomic E-state index is 0.0404. The summed E-state index contributed by atoms with van der Waals surface area (Å²) in [6, 6.07) is 0. The third-order valence-corrected chi connectivity index (χ3v) is 10.7. The van der Waals surface area contributed by atoms with Crippen LogP contribution in [0.4, 0.5) is 0 Å². The lowest BCUT2D eigenvalue weighted by Gasteiger charge is -2.27. The molecular formula is C43H86NO10P. The zero-order valence-electron chi connectivity index (χ0n) is 36.2. The lowest BCUT2D eigenvalue weighted by molar-refractivity contribution is -0.870. The van der Waals surface area contributed by atoms with Crippen LogP contribution in [0.25, 0.3) is 0 Å². The molecule has 0 spiro atoms. The third kappa shape index (κ3) is 40.9. The van der Waals surface area contributed by atoms with Crippen LogP contribution in [-0.4, -0.2) is 94.5 Å². The molecule has 0 aromatic carbocycles. The number of quaternary nitrogens is 1. The molecule has 3 atom stereocenters. The largest absolute Gasteiger partial charge is 0.756 e. The molecule has 3 unspecified atom stereocenters. The topological polar surface area (TPSA) is 141 Å². The Bertz CT molecular complexity index is 932. The van der Waals surface area contributed by atoms with Crippen molar-refractivity contribution in [3.8, 4) is 0 Å². The zero-order chi connectivity index (χ0) is 40.9. The van der Waals surface area contributed by atoms with Crippen molar-refractivity contribution < 1.29 is 51.9 Å². The lowest BCUT2D eigenvalue weighted by Crippen LogP contribution is -2.37. The van der Waals surface area contributed by atoms with E-state index in [1.807, 2.05) is 21.1 Å². The standard InChI is InChI=1S/C43H86NO10P/c1-6-8-10-12-14-16-18-20-22-24-26-28-30-32-42(46)51-39-41(38-50-36-40(45)37-53-55(48,49)52-35-34-44(3,4)5)54-43(47)33-31-29-27-25-23-21-19-17-15-13-11-9-7-2/h40-41,45H,6-39H2,1-5H3. The van der Waals surface area contributed by atoms with Crippen molar-refractivity contribution in [2.75, 3.05) is 60.7 Å². The van der Waals surface area contributed by atoms with Crippen molar-refractivity contribution in [1.29, 1.82) is 0 Å².